The molecule has 1 amide bonds. The molecule has 0 atom stereocenters. The first-order chi connectivity index (χ1) is 9.01. The van der Waals surface area contributed by atoms with Gasteiger partial charge in [-0.15, -0.1) is 0 Å². The largest absolute Gasteiger partial charge is 0.376 e. The summed E-state index contributed by atoms with van der Waals surface area (Å²) in [5, 5.41) is 6.72. The fourth-order valence-corrected chi connectivity index (χ4v) is 2.33. The predicted molar refractivity (Wildman–Crippen MR) is 77.9 cm³/mol. The van der Waals surface area contributed by atoms with E-state index in [2.05, 4.69) is 10.6 Å². The minimum absolute atomic E-state index is 0.211. The topological polar surface area (TPSA) is 76.4 Å². The van der Waals surface area contributed by atoms with Gasteiger partial charge in [-0.3, -0.25) is 4.79 Å². The van der Waals surface area contributed by atoms with Crippen molar-refractivity contribution < 1.29 is 9.53 Å². The highest BCUT2D eigenvalue weighted by Crippen LogP contribution is 2.21. The van der Waals surface area contributed by atoms with Crippen LogP contribution in [0.3, 0.4) is 0 Å². The molecule has 2 rings (SSSR count). The predicted octanol–water partition coefficient (Wildman–Crippen LogP) is 0.926. The molecule has 19 heavy (non-hydrogen) atoms. The molecule has 0 radical (unpaired) electrons. The van der Waals surface area contributed by atoms with Gasteiger partial charge >= 0.3 is 0 Å². The second kappa shape index (κ2) is 5.54. The van der Waals surface area contributed by atoms with E-state index in [4.69, 9.17) is 22.7 Å². The SMILES string of the molecule is Cc1ccccc1NC(=S)NC1(CC(N)=O)COC1. The Bertz CT molecular complexity index is 500. The van der Waals surface area contributed by atoms with Gasteiger partial charge in [0.05, 0.1) is 25.2 Å². The van der Waals surface area contributed by atoms with Crippen molar-refractivity contribution in [2.75, 3.05) is 18.5 Å². The zero-order valence-electron chi connectivity index (χ0n) is 10.7. The smallest absolute Gasteiger partial charge is 0.219 e. The molecule has 0 aliphatic carbocycles. The van der Waals surface area contributed by atoms with E-state index < -0.39 is 5.54 Å². The van der Waals surface area contributed by atoms with E-state index in [0.29, 0.717) is 18.3 Å². The molecule has 0 spiro atoms. The molecule has 1 fully saturated rings. The number of nitrogens with two attached hydrogens (primary N) is 1. The molecule has 1 aromatic rings. The van der Waals surface area contributed by atoms with Crippen molar-refractivity contribution in [3.63, 3.8) is 0 Å². The Morgan fingerprint density at radius 3 is 2.68 bits per heavy atom. The van der Waals surface area contributed by atoms with Crippen molar-refractivity contribution in [3.8, 4) is 0 Å². The highest BCUT2D eigenvalue weighted by Gasteiger charge is 2.40. The number of benzene rings is 1. The molecule has 1 aliphatic rings. The van der Waals surface area contributed by atoms with Gasteiger partial charge in [0.2, 0.25) is 5.91 Å². The Morgan fingerprint density at radius 2 is 2.16 bits per heavy atom. The number of hydrogen-bond acceptors (Lipinski definition) is 3. The minimum Gasteiger partial charge on any atom is -0.376 e. The van der Waals surface area contributed by atoms with Crippen molar-refractivity contribution in [1.82, 2.24) is 5.32 Å². The lowest BCUT2D eigenvalue weighted by atomic mass is 9.93. The number of nitrogens with one attached hydrogen (secondary N) is 2. The van der Waals surface area contributed by atoms with E-state index in [1.807, 2.05) is 31.2 Å². The average Bonchev–Trinajstić information content (AvgIpc) is 2.28. The van der Waals surface area contributed by atoms with Crippen LogP contribution in [-0.4, -0.2) is 29.8 Å². The lowest BCUT2D eigenvalue weighted by molar-refractivity contribution is -0.126. The van der Waals surface area contributed by atoms with E-state index >= 15 is 0 Å². The number of carbonyl (C=O) groups is 1. The third kappa shape index (κ3) is 3.42. The number of carbonyl (C=O) groups excluding carboxylic acids is 1. The fourth-order valence-electron chi connectivity index (χ4n) is 2.01. The molecular weight excluding hydrogens is 262 g/mol. The Morgan fingerprint density at radius 1 is 1.47 bits per heavy atom. The maximum Gasteiger partial charge on any atom is 0.219 e. The van der Waals surface area contributed by atoms with Crippen LogP contribution < -0.4 is 16.4 Å². The van der Waals surface area contributed by atoms with E-state index in [9.17, 15) is 4.79 Å². The first-order valence-corrected chi connectivity index (χ1v) is 6.42. The lowest BCUT2D eigenvalue weighted by Gasteiger charge is -2.42. The van der Waals surface area contributed by atoms with Crippen LogP contribution in [0.2, 0.25) is 0 Å². The highest BCUT2D eigenvalue weighted by atomic mass is 32.1. The van der Waals surface area contributed by atoms with Crippen molar-refractivity contribution in [2.45, 2.75) is 18.9 Å². The lowest BCUT2D eigenvalue weighted by Crippen LogP contribution is -2.64. The van der Waals surface area contributed by atoms with Gasteiger partial charge in [-0.2, -0.15) is 0 Å². The van der Waals surface area contributed by atoms with Crippen LogP contribution >= 0.6 is 12.2 Å². The van der Waals surface area contributed by atoms with Gasteiger partial charge in [-0.1, -0.05) is 18.2 Å². The number of amides is 1. The van der Waals surface area contributed by atoms with Crippen molar-refractivity contribution in [2.24, 2.45) is 5.73 Å². The van der Waals surface area contributed by atoms with Gasteiger partial charge in [-0.05, 0) is 30.8 Å². The summed E-state index contributed by atoms with van der Waals surface area (Å²) in [5.74, 6) is -0.366. The van der Waals surface area contributed by atoms with Crippen molar-refractivity contribution >= 4 is 28.9 Å². The monoisotopic (exact) mass is 279 g/mol. The zero-order chi connectivity index (χ0) is 13.9. The van der Waals surface area contributed by atoms with Gasteiger partial charge in [0, 0.05) is 5.69 Å². The summed E-state index contributed by atoms with van der Waals surface area (Å²) in [5.41, 5.74) is 6.82. The average molecular weight is 279 g/mol. The molecular formula is C13H17N3O2S. The van der Waals surface area contributed by atoms with Gasteiger partial charge < -0.3 is 21.1 Å². The molecule has 4 N–H and O–H groups in total. The summed E-state index contributed by atoms with van der Waals surface area (Å²) in [4.78, 5) is 11.1. The Balaban J connectivity index is 1.97. The second-order valence-electron chi connectivity index (χ2n) is 4.81. The number of thiocarbonyl (C=S) groups is 1. The zero-order valence-corrected chi connectivity index (χ0v) is 11.5. The number of hydrogen-bond donors (Lipinski definition) is 3. The number of rotatable bonds is 4. The molecule has 1 saturated heterocycles. The summed E-state index contributed by atoms with van der Waals surface area (Å²) in [6.07, 6.45) is 0.211. The second-order valence-corrected chi connectivity index (χ2v) is 5.22. The number of anilines is 1. The first-order valence-electron chi connectivity index (χ1n) is 6.02. The minimum atomic E-state index is -0.460. The maximum atomic E-state index is 11.1. The summed E-state index contributed by atoms with van der Waals surface area (Å²) in [6, 6.07) is 7.84. The number of aryl methyl sites for hydroxylation is 1. The summed E-state index contributed by atoms with van der Waals surface area (Å²) in [7, 11) is 0. The molecule has 0 bridgehead atoms. The molecule has 6 heteroatoms. The van der Waals surface area contributed by atoms with Crippen molar-refractivity contribution in [3.05, 3.63) is 29.8 Å². The van der Waals surface area contributed by atoms with E-state index in [-0.39, 0.29) is 12.3 Å². The van der Waals surface area contributed by atoms with Crippen LogP contribution in [0.15, 0.2) is 24.3 Å². The highest BCUT2D eigenvalue weighted by molar-refractivity contribution is 7.80. The number of ether oxygens (including phenoxy) is 1. The number of para-hydroxylation sites is 1. The molecule has 0 saturated carbocycles. The van der Waals surface area contributed by atoms with Crippen LogP contribution in [0, 0.1) is 6.92 Å². The van der Waals surface area contributed by atoms with Gasteiger partial charge in [0.25, 0.3) is 0 Å². The number of primary amides is 1. The maximum absolute atomic E-state index is 11.1. The van der Waals surface area contributed by atoms with Crippen molar-refractivity contribution in [1.29, 1.82) is 0 Å². The molecule has 1 aliphatic heterocycles. The summed E-state index contributed by atoms with van der Waals surface area (Å²) >= 11 is 5.27. The molecule has 5 nitrogen and oxygen atoms in total. The molecule has 0 unspecified atom stereocenters. The Labute approximate surface area is 117 Å². The summed E-state index contributed by atoms with van der Waals surface area (Å²) in [6.45, 7) is 2.87. The van der Waals surface area contributed by atoms with E-state index in [0.717, 1.165) is 11.3 Å². The van der Waals surface area contributed by atoms with Crippen LogP contribution in [0.5, 0.6) is 0 Å². The molecule has 1 aromatic carbocycles. The van der Waals surface area contributed by atoms with Gasteiger partial charge in [0.15, 0.2) is 5.11 Å². The normalized spacial score (nSPS) is 16.3. The van der Waals surface area contributed by atoms with E-state index in [1.54, 1.807) is 0 Å². The van der Waals surface area contributed by atoms with Crippen LogP contribution in [0.25, 0.3) is 0 Å². The first kappa shape index (κ1) is 13.8. The molecule has 1 heterocycles. The van der Waals surface area contributed by atoms with Gasteiger partial charge in [0.1, 0.15) is 0 Å². The quantitative estimate of drug-likeness (QED) is 0.715. The van der Waals surface area contributed by atoms with E-state index in [1.165, 1.54) is 0 Å². The molecule has 0 aromatic heterocycles. The van der Waals surface area contributed by atoms with Crippen LogP contribution in [0.4, 0.5) is 5.69 Å². The van der Waals surface area contributed by atoms with Crippen LogP contribution in [0.1, 0.15) is 12.0 Å². The fraction of sp³-hybridized carbons (Fsp3) is 0.385. The Hall–Kier alpha value is -1.66. The standard InChI is InChI=1S/C13H17N3O2S/c1-9-4-2-3-5-10(9)15-12(19)16-13(6-11(14)17)7-18-8-13/h2-5H,6-8H2,1H3,(H2,14,17)(H2,15,16,19). The summed E-state index contributed by atoms with van der Waals surface area (Å²) < 4.78 is 5.16. The molecule has 102 valence electrons. The Kier molecular flexibility index (Phi) is 4.01. The van der Waals surface area contributed by atoms with Gasteiger partial charge in [-0.25, -0.2) is 0 Å². The third-order valence-corrected chi connectivity index (χ3v) is 3.25. The van der Waals surface area contributed by atoms with Crippen LogP contribution in [-0.2, 0) is 9.53 Å². The third-order valence-electron chi connectivity index (χ3n) is 3.04.